The summed E-state index contributed by atoms with van der Waals surface area (Å²) in [5, 5.41) is 36.7. The average Bonchev–Trinajstić information content (AvgIpc) is 1.55. The van der Waals surface area contributed by atoms with Crippen molar-refractivity contribution in [3.63, 3.8) is 0 Å². The molecule has 0 saturated carbocycles. The number of halogens is 9. The minimum absolute atomic E-state index is 0. The molecule has 3 aliphatic rings. The highest BCUT2D eigenvalue weighted by Gasteiger charge is 2.30. The van der Waals surface area contributed by atoms with Crippen molar-refractivity contribution in [1.82, 2.24) is 84.3 Å². The van der Waals surface area contributed by atoms with E-state index in [0.717, 1.165) is 189 Å². The normalized spacial score (nSPS) is 11.5. The zero-order chi connectivity index (χ0) is 96.5. The number of pyridine rings is 6. The third-order valence-electron chi connectivity index (χ3n) is 21.9. The van der Waals surface area contributed by atoms with E-state index in [1.807, 2.05) is 60.9 Å². The van der Waals surface area contributed by atoms with Crippen LogP contribution < -0.4 is 16.7 Å². The number of hydrogen-bond donors (Lipinski definition) is 5. The molecular formula is C97H97Br4Cl2F3N18O6S6. The van der Waals surface area contributed by atoms with Crippen molar-refractivity contribution in [3.05, 3.63) is 269 Å². The summed E-state index contributed by atoms with van der Waals surface area (Å²) in [5.74, 6) is 1.87. The third-order valence-corrected chi connectivity index (χ3v) is 32.3. The van der Waals surface area contributed by atoms with E-state index in [9.17, 15) is 32.3 Å². The van der Waals surface area contributed by atoms with Crippen LogP contribution in [-0.2, 0) is 19.6 Å². The first-order valence-corrected chi connectivity index (χ1v) is 51.2. The smallest absolute Gasteiger partial charge is 0.338 e. The van der Waals surface area contributed by atoms with E-state index in [0.29, 0.717) is 29.2 Å². The van der Waals surface area contributed by atoms with Gasteiger partial charge in [-0.2, -0.15) is 15.3 Å². The van der Waals surface area contributed by atoms with Gasteiger partial charge in [-0.25, -0.2) is 22.8 Å². The fourth-order valence-electron chi connectivity index (χ4n) is 14.6. The van der Waals surface area contributed by atoms with Gasteiger partial charge in [0.05, 0.1) is 67.8 Å². The number of nitrogens with two attached hydrogens (primary N) is 1. The molecule has 0 bridgehead atoms. The zero-order valence-corrected chi connectivity index (χ0v) is 88.0. The lowest BCUT2D eigenvalue weighted by Crippen LogP contribution is -2.34. The predicted octanol–water partition coefficient (Wildman–Crippen LogP) is 24.4. The number of carbonyl (C=O) groups excluding carboxylic acids is 1. The average molecular weight is 2250 g/mol. The lowest BCUT2D eigenvalue weighted by atomic mass is 10.1. The Kier molecular flexibility index (Phi) is 41.3. The summed E-state index contributed by atoms with van der Waals surface area (Å²) in [5.41, 5.74) is 13.1. The molecule has 0 atom stereocenters. The van der Waals surface area contributed by atoms with E-state index in [1.54, 1.807) is 66.2 Å². The number of carboxylic acids is 2. The summed E-state index contributed by atoms with van der Waals surface area (Å²) >= 11 is 30.8. The molecule has 0 saturated heterocycles. The van der Waals surface area contributed by atoms with Crippen molar-refractivity contribution < 1.29 is 37.8 Å². The largest absolute Gasteiger partial charge is 0.478 e. The Morgan fingerprint density at radius 2 is 0.941 bits per heavy atom. The molecule has 6 aromatic carbocycles. The molecule has 3 aliphatic heterocycles. The Morgan fingerprint density at radius 1 is 0.493 bits per heavy atom. The Hall–Kier alpha value is -9.07. The van der Waals surface area contributed by atoms with E-state index in [-0.39, 0.29) is 51.0 Å². The molecule has 710 valence electrons. The molecule has 136 heavy (non-hydrogen) atoms. The highest BCUT2D eigenvalue weighted by atomic mass is 79.9. The first-order valence-electron chi connectivity index (χ1n) is 43.1. The Balaban J connectivity index is 0.000000153. The Labute approximate surface area is 856 Å². The summed E-state index contributed by atoms with van der Waals surface area (Å²) in [4.78, 5) is 87.6. The molecule has 16 aromatic rings. The fourth-order valence-corrected chi connectivity index (χ4v) is 22.1. The van der Waals surface area contributed by atoms with Gasteiger partial charge in [0.15, 0.2) is 11.7 Å². The number of hydrogen-bond acceptors (Lipinski definition) is 25. The van der Waals surface area contributed by atoms with Crippen LogP contribution in [0.4, 0.5) is 13.2 Å². The number of benzene rings is 6. The summed E-state index contributed by atoms with van der Waals surface area (Å²) in [6.45, 7) is 33.7. The second kappa shape index (κ2) is 52.3. The first kappa shape index (κ1) is 107. The monoisotopic (exact) mass is 2240 g/mol. The molecule has 0 spiro atoms. The topological polar surface area (TPSA) is 291 Å². The molecule has 0 amide bonds. The first-order chi connectivity index (χ1) is 65.3. The van der Waals surface area contributed by atoms with Crippen molar-refractivity contribution in [1.29, 1.82) is 0 Å². The molecule has 19 rings (SSSR count). The Bertz CT molecular complexity index is 6940. The van der Waals surface area contributed by atoms with Crippen molar-refractivity contribution >= 4 is 230 Å². The van der Waals surface area contributed by atoms with E-state index in [1.165, 1.54) is 132 Å². The van der Waals surface area contributed by atoms with Crippen molar-refractivity contribution in [2.45, 2.75) is 119 Å². The predicted molar refractivity (Wildman–Crippen MR) is 563 cm³/mol. The van der Waals surface area contributed by atoms with E-state index >= 15 is 0 Å². The van der Waals surface area contributed by atoms with Gasteiger partial charge in [-0.05, 0) is 237 Å². The maximum Gasteiger partial charge on any atom is 0.338 e. The van der Waals surface area contributed by atoms with Gasteiger partial charge in [0.25, 0.3) is 0 Å². The van der Waals surface area contributed by atoms with Crippen LogP contribution in [0.1, 0.15) is 86.5 Å². The van der Waals surface area contributed by atoms with Gasteiger partial charge < -0.3 is 29.8 Å². The number of fused-ring (bicyclic) bond motifs is 8. The van der Waals surface area contributed by atoms with Gasteiger partial charge in [-0.15, -0.1) is 36.4 Å². The van der Waals surface area contributed by atoms with Gasteiger partial charge in [-0.1, -0.05) is 120 Å². The van der Waals surface area contributed by atoms with Gasteiger partial charge in [0.1, 0.15) is 34.5 Å². The second-order valence-electron chi connectivity index (χ2n) is 29.8. The fraction of sp³-hybridized carbons (Fsp3) is 0.247. The van der Waals surface area contributed by atoms with Gasteiger partial charge in [-0.3, -0.25) is 64.8 Å². The lowest BCUT2D eigenvalue weighted by Gasteiger charge is -2.18. The number of likely N-dealkylation sites (N-methyl/N-ethyl adjacent to an activating group) is 4. The summed E-state index contributed by atoms with van der Waals surface area (Å²) < 4.78 is 50.4. The van der Waals surface area contributed by atoms with Crippen LogP contribution in [-0.4, -0.2) is 192 Å². The number of aromatic carboxylic acids is 2. The van der Waals surface area contributed by atoms with E-state index in [2.05, 4.69) is 243 Å². The van der Waals surface area contributed by atoms with Crippen molar-refractivity contribution in [2.75, 3.05) is 85.1 Å². The van der Waals surface area contributed by atoms with Crippen LogP contribution in [0.15, 0.2) is 269 Å². The van der Waals surface area contributed by atoms with Crippen LogP contribution in [0.25, 0.3) is 86.7 Å². The molecule has 0 aliphatic carbocycles. The number of aldehydes is 1. The maximum absolute atomic E-state index is 13.7. The standard InChI is InChI=1S/C19H20N4OS.C18H19BrN4S.C18H20N4S.C12H7BrFNO2S.C12H5BrFNOS.C6H4BrFS.C6H4ClNO2.C6H17N3.ClH/c1-3-22(4-2)9-10-23-15-6-5-13(12-24)19-17(15)18(21-23)14-11-20-8-7-16(14)25-19;1-3-22(4-2)9-10-23-14-6-5-13(19)18-16(14)17(21-23)12-11-20-8-7-15(12)24-18;1-3-21(4-2)10-11-22-14-6-5-7-16-17(14)18(20-22)13-12-19-9-8-15(13)23-16;13-9-2-1-7(14)5-11(9)18-10-3-4-15-6-8(10)12(16)17;13-7-1-2-8(14)10-11(16)6-5-15-4-3-9(6)17-12(7)10;7-5-2-1-4(8)3-6(5)9;7-5-1-2-8-3-4(5)6(9)10;1-3-9(4-2)6-5-8-7;/h5-8,11-12H,3-4,9-10H2,1-2H3;5-8,11H,3-4,9-10H2,1-2H3;5-9,12H,3-4,10-11H2,1-2H3;1-6H,(H,16,17);1-5H;1-3,9H;1-3H,(H,9,10);8H,3-7H2,1-2H3;1H. The number of thiol groups is 1. The second-order valence-corrected chi connectivity index (χ2v) is 39.4. The van der Waals surface area contributed by atoms with Crippen LogP contribution in [0.2, 0.25) is 5.02 Å². The SMILES string of the molecule is CCN(CC)CCNN.CCN(CC)CCn1nc2c3c(c(Br)ccc31)Sc1ccncc1-2.CCN(CC)CCn1nc2c3c(c(C=O)ccc31)Sc1ccncc1-2.CCN(CC)CCn1nc2c3c(cccc31)Sc1ccncc1-2.Cl.Fc1ccc(Br)c(S)c1.O=C(O)c1cnccc1Cl.O=C(O)c1cnccc1Sc1cc(F)ccc1Br.O=c1c2cnccc2sc2c(Br)ccc(F)c12. The molecule has 10 aromatic heterocycles. The van der Waals surface area contributed by atoms with Gasteiger partial charge >= 0.3 is 11.9 Å². The molecule has 39 heteroatoms. The summed E-state index contributed by atoms with van der Waals surface area (Å²) in [7, 11) is 0. The molecule has 24 nitrogen and oxygen atoms in total. The highest BCUT2D eigenvalue weighted by Crippen LogP contribution is 2.52. The quantitative estimate of drug-likeness (QED) is 0.0117. The summed E-state index contributed by atoms with van der Waals surface area (Å²) in [6, 6.07) is 37.2. The third kappa shape index (κ3) is 26.5. The molecular weight excluding hydrogens is 2150 g/mol. The molecule has 0 radical (unpaired) electrons. The van der Waals surface area contributed by atoms with Crippen molar-refractivity contribution in [2.24, 2.45) is 5.84 Å². The number of nitrogens with one attached hydrogen (secondary N) is 1. The number of rotatable bonds is 25. The minimum Gasteiger partial charge on any atom is -0.478 e. The van der Waals surface area contributed by atoms with Crippen LogP contribution >= 0.6 is 159 Å². The molecule has 5 N–H and O–H groups in total. The van der Waals surface area contributed by atoms with Gasteiger partial charge in [0.2, 0.25) is 0 Å². The minimum atomic E-state index is -1.06. The molecule has 0 unspecified atom stereocenters. The molecule has 13 heterocycles. The lowest BCUT2D eigenvalue weighted by molar-refractivity contribution is 0.0683. The van der Waals surface area contributed by atoms with Crippen LogP contribution in [0.3, 0.4) is 0 Å². The number of hydrazine groups is 1. The number of carbonyl (C=O) groups is 3. The number of nitrogens with zero attached hydrogens (tertiary/aromatic N) is 16. The zero-order valence-electron chi connectivity index (χ0n) is 75.1. The van der Waals surface area contributed by atoms with Crippen LogP contribution in [0, 0.1) is 17.5 Å². The molecule has 0 fully saturated rings. The van der Waals surface area contributed by atoms with Gasteiger partial charge in [0, 0.05) is 212 Å². The Morgan fingerprint density at radius 3 is 1.46 bits per heavy atom. The maximum atomic E-state index is 13.7. The van der Waals surface area contributed by atoms with E-state index < -0.39 is 17.8 Å². The summed E-state index contributed by atoms with van der Waals surface area (Å²) in [6.07, 6.45) is 20.7. The highest BCUT2D eigenvalue weighted by molar-refractivity contribution is 9.11. The number of carboxylic acid groups (broad SMARTS) is 2. The van der Waals surface area contributed by atoms with Crippen LogP contribution in [0.5, 0.6) is 0 Å². The van der Waals surface area contributed by atoms with Crippen molar-refractivity contribution in [3.8, 4) is 33.8 Å². The van der Waals surface area contributed by atoms with E-state index in [4.69, 9.17) is 43.0 Å². The number of aromatic nitrogens is 12.